The van der Waals surface area contributed by atoms with E-state index in [4.69, 9.17) is 23.2 Å². The quantitative estimate of drug-likeness (QED) is 0.521. The molecule has 3 rings (SSSR count). The number of benzene rings is 2. The Kier molecular flexibility index (Phi) is 5.86. The van der Waals surface area contributed by atoms with Gasteiger partial charge < -0.3 is 0 Å². The molecule has 1 aromatic heterocycles. The van der Waals surface area contributed by atoms with E-state index in [1.165, 1.54) is 0 Å². The molecule has 142 valence electrons. The Labute approximate surface area is 176 Å². The van der Waals surface area contributed by atoms with Crippen molar-refractivity contribution in [3.05, 3.63) is 73.8 Å². The van der Waals surface area contributed by atoms with Crippen LogP contribution in [0.5, 0.6) is 0 Å². The fourth-order valence-corrected chi connectivity index (χ4v) is 4.41. The molecule has 0 amide bonds. The second kappa shape index (κ2) is 7.83. The predicted molar refractivity (Wildman–Crippen MR) is 112 cm³/mol. The summed E-state index contributed by atoms with van der Waals surface area (Å²) in [5, 5.41) is 5.24. The molecule has 3 aromatic rings. The Hall–Kier alpha value is -1.54. The maximum atomic E-state index is 12.7. The molecule has 1 heterocycles. The third-order valence-corrected chi connectivity index (χ3v) is 6.72. The summed E-state index contributed by atoms with van der Waals surface area (Å²) in [6.45, 7) is 4.22. The van der Waals surface area contributed by atoms with Gasteiger partial charge in [-0.05, 0) is 70.7 Å². The van der Waals surface area contributed by atoms with E-state index >= 15 is 0 Å². The highest BCUT2D eigenvalue weighted by atomic mass is 79.9. The zero-order chi connectivity index (χ0) is 19.8. The SMILES string of the molecule is Cc1ccc(S(=O)(=O)Nc2nn(Cc3ccc(Cl)c(Cl)c3)cc2Br)cc1C. The highest BCUT2D eigenvalue weighted by Crippen LogP contribution is 2.26. The minimum atomic E-state index is -3.74. The Morgan fingerprint density at radius 3 is 2.48 bits per heavy atom. The van der Waals surface area contributed by atoms with E-state index in [0.29, 0.717) is 21.1 Å². The normalized spacial score (nSPS) is 11.6. The molecule has 0 saturated carbocycles. The van der Waals surface area contributed by atoms with Gasteiger partial charge in [-0.1, -0.05) is 35.3 Å². The van der Waals surface area contributed by atoms with Gasteiger partial charge >= 0.3 is 0 Å². The Morgan fingerprint density at radius 1 is 1.07 bits per heavy atom. The first-order valence-electron chi connectivity index (χ1n) is 7.92. The molecule has 0 aliphatic carbocycles. The van der Waals surface area contributed by atoms with E-state index < -0.39 is 10.0 Å². The average molecular weight is 489 g/mol. The standard InChI is InChI=1S/C18H16BrCl2N3O2S/c1-11-3-5-14(7-12(11)2)27(25,26)23-18-15(19)10-24(22-18)9-13-4-6-16(20)17(21)8-13/h3-8,10H,9H2,1-2H3,(H,22,23). The second-order valence-corrected chi connectivity index (χ2v) is 9.47. The number of nitrogens with zero attached hydrogens (tertiary/aromatic N) is 2. The van der Waals surface area contributed by atoms with Gasteiger partial charge in [0, 0.05) is 6.20 Å². The molecule has 1 N–H and O–H groups in total. The van der Waals surface area contributed by atoms with Crippen LogP contribution in [-0.4, -0.2) is 18.2 Å². The lowest BCUT2D eigenvalue weighted by atomic mass is 10.1. The van der Waals surface area contributed by atoms with E-state index in [1.807, 2.05) is 19.9 Å². The molecule has 27 heavy (non-hydrogen) atoms. The lowest BCUT2D eigenvalue weighted by Crippen LogP contribution is -2.14. The van der Waals surface area contributed by atoms with Crippen LogP contribution in [0.25, 0.3) is 0 Å². The van der Waals surface area contributed by atoms with Crippen LogP contribution < -0.4 is 4.72 Å². The molecule has 0 spiro atoms. The number of rotatable bonds is 5. The van der Waals surface area contributed by atoms with Crippen LogP contribution in [0.2, 0.25) is 10.0 Å². The van der Waals surface area contributed by atoms with E-state index in [2.05, 4.69) is 25.8 Å². The number of hydrogen-bond acceptors (Lipinski definition) is 3. The topological polar surface area (TPSA) is 64.0 Å². The summed E-state index contributed by atoms with van der Waals surface area (Å²) in [4.78, 5) is 0.191. The third-order valence-electron chi connectivity index (χ3n) is 4.07. The van der Waals surface area contributed by atoms with Gasteiger partial charge in [-0.2, -0.15) is 5.10 Å². The molecule has 0 atom stereocenters. The highest BCUT2D eigenvalue weighted by Gasteiger charge is 2.18. The van der Waals surface area contributed by atoms with Crippen LogP contribution in [0, 0.1) is 13.8 Å². The first-order valence-corrected chi connectivity index (χ1v) is 11.0. The summed E-state index contributed by atoms with van der Waals surface area (Å²) >= 11 is 15.3. The zero-order valence-electron chi connectivity index (χ0n) is 14.5. The molecule has 0 radical (unpaired) electrons. The minimum Gasteiger partial charge on any atom is -0.265 e. The number of nitrogens with one attached hydrogen (secondary N) is 1. The molecule has 0 aliphatic heterocycles. The first kappa shape index (κ1) is 20.2. The van der Waals surface area contributed by atoms with Gasteiger partial charge in [0.2, 0.25) is 0 Å². The van der Waals surface area contributed by atoms with Crippen molar-refractivity contribution in [2.75, 3.05) is 4.72 Å². The predicted octanol–water partition coefficient (Wildman–Crippen LogP) is 5.42. The van der Waals surface area contributed by atoms with Crippen molar-refractivity contribution in [2.45, 2.75) is 25.3 Å². The minimum absolute atomic E-state index is 0.191. The molecule has 0 saturated heterocycles. The van der Waals surface area contributed by atoms with Crippen LogP contribution in [-0.2, 0) is 16.6 Å². The molecule has 5 nitrogen and oxygen atoms in total. The zero-order valence-corrected chi connectivity index (χ0v) is 18.4. The maximum Gasteiger partial charge on any atom is 0.263 e. The Balaban J connectivity index is 1.83. The largest absolute Gasteiger partial charge is 0.265 e. The Morgan fingerprint density at radius 2 is 1.81 bits per heavy atom. The summed E-state index contributed by atoms with van der Waals surface area (Å²) in [6, 6.07) is 10.3. The van der Waals surface area contributed by atoms with Gasteiger partial charge in [0.05, 0.1) is 26.0 Å². The fourth-order valence-electron chi connectivity index (χ4n) is 2.44. The second-order valence-electron chi connectivity index (χ2n) is 6.12. The van der Waals surface area contributed by atoms with Crippen molar-refractivity contribution in [1.29, 1.82) is 0 Å². The Bertz CT molecular complexity index is 1110. The van der Waals surface area contributed by atoms with Gasteiger partial charge in [0.1, 0.15) is 0 Å². The summed E-state index contributed by atoms with van der Waals surface area (Å²) < 4.78 is 30.0. The van der Waals surface area contributed by atoms with Crippen molar-refractivity contribution < 1.29 is 8.42 Å². The maximum absolute atomic E-state index is 12.7. The smallest absolute Gasteiger partial charge is 0.263 e. The summed E-state index contributed by atoms with van der Waals surface area (Å²) in [7, 11) is -3.74. The number of sulfonamides is 1. The molecular formula is C18H16BrCl2N3O2S. The van der Waals surface area contributed by atoms with Gasteiger partial charge in [0.25, 0.3) is 10.0 Å². The molecule has 2 aromatic carbocycles. The monoisotopic (exact) mass is 487 g/mol. The highest BCUT2D eigenvalue weighted by molar-refractivity contribution is 9.10. The van der Waals surface area contributed by atoms with Crippen LogP contribution in [0.15, 0.2) is 52.0 Å². The van der Waals surface area contributed by atoms with E-state index in [-0.39, 0.29) is 10.7 Å². The van der Waals surface area contributed by atoms with E-state index in [9.17, 15) is 8.42 Å². The fraction of sp³-hybridized carbons (Fsp3) is 0.167. The molecular weight excluding hydrogens is 473 g/mol. The summed E-state index contributed by atoms with van der Waals surface area (Å²) in [6.07, 6.45) is 1.70. The summed E-state index contributed by atoms with van der Waals surface area (Å²) in [5.74, 6) is 0.216. The van der Waals surface area contributed by atoms with Crippen molar-refractivity contribution in [3.63, 3.8) is 0 Å². The molecule has 0 aliphatic rings. The van der Waals surface area contributed by atoms with Gasteiger partial charge in [-0.3, -0.25) is 9.40 Å². The van der Waals surface area contributed by atoms with Gasteiger partial charge in [0.15, 0.2) is 5.82 Å². The van der Waals surface area contributed by atoms with Crippen molar-refractivity contribution in [3.8, 4) is 0 Å². The first-order chi connectivity index (χ1) is 12.7. The lowest BCUT2D eigenvalue weighted by molar-refractivity contribution is 0.600. The van der Waals surface area contributed by atoms with Gasteiger partial charge in [-0.25, -0.2) is 8.42 Å². The third kappa shape index (κ3) is 4.66. The van der Waals surface area contributed by atoms with Crippen LogP contribution in [0.4, 0.5) is 5.82 Å². The molecule has 0 fully saturated rings. The van der Waals surface area contributed by atoms with E-state index in [0.717, 1.165) is 16.7 Å². The number of hydrogen-bond donors (Lipinski definition) is 1. The van der Waals surface area contributed by atoms with Crippen LogP contribution in [0.3, 0.4) is 0 Å². The molecule has 0 bridgehead atoms. The van der Waals surface area contributed by atoms with Crippen molar-refractivity contribution in [2.24, 2.45) is 0 Å². The number of anilines is 1. The summed E-state index contributed by atoms with van der Waals surface area (Å²) in [5.41, 5.74) is 2.83. The van der Waals surface area contributed by atoms with Crippen molar-refractivity contribution >= 4 is 55.0 Å². The van der Waals surface area contributed by atoms with E-state index in [1.54, 1.807) is 41.2 Å². The van der Waals surface area contributed by atoms with Crippen molar-refractivity contribution in [1.82, 2.24) is 9.78 Å². The molecule has 9 heteroatoms. The lowest BCUT2D eigenvalue weighted by Gasteiger charge is -2.08. The molecule has 0 unspecified atom stereocenters. The number of aromatic nitrogens is 2. The number of aryl methyl sites for hydroxylation is 2. The van der Waals surface area contributed by atoms with Gasteiger partial charge in [-0.15, -0.1) is 0 Å². The van der Waals surface area contributed by atoms with Crippen LogP contribution in [0.1, 0.15) is 16.7 Å². The number of halogens is 3. The van der Waals surface area contributed by atoms with Crippen LogP contribution >= 0.6 is 39.1 Å². The average Bonchev–Trinajstić information content (AvgIpc) is 2.92.